The molecule has 0 saturated heterocycles. The third kappa shape index (κ3) is 2.36. The van der Waals surface area contributed by atoms with E-state index in [-0.39, 0.29) is 5.69 Å². The third-order valence-corrected chi connectivity index (χ3v) is 3.57. The van der Waals surface area contributed by atoms with Crippen molar-refractivity contribution < 1.29 is 9.53 Å². The fourth-order valence-electron chi connectivity index (χ4n) is 2.54. The van der Waals surface area contributed by atoms with Crippen molar-refractivity contribution in [2.45, 2.75) is 26.8 Å². The fraction of sp³-hybridized carbons (Fsp3) is 0.312. The van der Waals surface area contributed by atoms with Gasteiger partial charge in [0.2, 0.25) is 0 Å². The number of rotatable bonds is 4. The lowest BCUT2D eigenvalue weighted by Gasteiger charge is -2.09. The lowest BCUT2D eigenvalue weighted by Crippen LogP contribution is -2.06. The molecule has 0 bridgehead atoms. The molecule has 0 saturated carbocycles. The Kier molecular flexibility index (Phi) is 3.66. The van der Waals surface area contributed by atoms with E-state index in [4.69, 9.17) is 4.74 Å². The van der Waals surface area contributed by atoms with Crippen molar-refractivity contribution in [3.8, 4) is 11.3 Å². The van der Waals surface area contributed by atoms with Gasteiger partial charge in [0.1, 0.15) is 5.69 Å². The van der Waals surface area contributed by atoms with Crippen molar-refractivity contribution in [2.24, 2.45) is 0 Å². The van der Waals surface area contributed by atoms with Crippen LogP contribution in [0, 0.1) is 0 Å². The molecule has 3 rings (SSSR count). The quantitative estimate of drug-likeness (QED) is 0.751. The Morgan fingerprint density at radius 3 is 2.86 bits per heavy atom. The predicted octanol–water partition coefficient (Wildman–Crippen LogP) is 3.18. The Morgan fingerprint density at radius 1 is 1.32 bits per heavy atom. The molecule has 2 aromatic heterocycles. The maximum absolute atomic E-state index is 11.9. The number of carbonyl (C=O) groups is 1. The molecule has 0 spiro atoms. The predicted molar refractivity (Wildman–Crippen MR) is 83.7 cm³/mol. The number of H-pyrrole nitrogens is 1. The van der Waals surface area contributed by atoms with E-state index in [2.05, 4.69) is 46.1 Å². The number of aromatic nitrogens is 4. The molecule has 3 aromatic rings. The summed E-state index contributed by atoms with van der Waals surface area (Å²) in [6, 6.07) is 8.44. The van der Waals surface area contributed by atoms with Crippen molar-refractivity contribution in [3.63, 3.8) is 0 Å². The van der Waals surface area contributed by atoms with Crippen LogP contribution in [-0.2, 0) is 4.74 Å². The van der Waals surface area contributed by atoms with Crippen LogP contribution in [0.4, 0.5) is 0 Å². The summed E-state index contributed by atoms with van der Waals surface area (Å²) in [5.41, 5.74) is 2.72. The van der Waals surface area contributed by atoms with E-state index in [9.17, 15) is 4.79 Å². The summed E-state index contributed by atoms with van der Waals surface area (Å²) < 4.78 is 7.21. The van der Waals surface area contributed by atoms with Crippen molar-refractivity contribution in [1.29, 1.82) is 0 Å². The van der Waals surface area contributed by atoms with Gasteiger partial charge < -0.3 is 9.30 Å². The zero-order valence-electron chi connectivity index (χ0n) is 12.8. The maximum Gasteiger partial charge on any atom is 0.361 e. The Balaban J connectivity index is 2.05. The number of carbonyl (C=O) groups excluding carboxylic acids is 1. The number of fused-ring (bicyclic) bond motifs is 1. The minimum absolute atomic E-state index is 0.212. The molecule has 114 valence electrons. The molecule has 0 fully saturated rings. The van der Waals surface area contributed by atoms with Gasteiger partial charge in [-0.3, -0.25) is 0 Å². The second-order valence-corrected chi connectivity index (χ2v) is 5.33. The number of hydrogen-bond donors (Lipinski definition) is 1. The van der Waals surface area contributed by atoms with Crippen LogP contribution >= 0.6 is 0 Å². The minimum Gasteiger partial charge on any atom is -0.461 e. The molecule has 1 N–H and O–H groups in total. The van der Waals surface area contributed by atoms with Gasteiger partial charge in [-0.2, -0.15) is 10.3 Å². The first-order valence-electron chi connectivity index (χ1n) is 7.30. The number of hydrogen-bond acceptors (Lipinski definition) is 4. The number of nitrogens with one attached hydrogen (secondary N) is 1. The zero-order chi connectivity index (χ0) is 15.7. The normalized spacial score (nSPS) is 11.3. The second-order valence-electron chi connectivity index (χ2n) is 5.33. The monoisotopic (exact) mass is 298 g/mol. The maximum atomic E-state index is 11.9. The van der Waals surface area contributed by atoms with E-state index in [1.165, 1.54) is 0 Å². The lowest BCUT2D eigenvalue weighted by atomic mass is 10.1. The summed E-state index contributed by atoms with van der Waals surface area (Å²) in [5.74, 6) is -0.467. The number of ether oxygens (including phenoxy) is 1. The van der Waals surface area contributed by atoms with Gasteiger partial charge in [0.15, 0.2) is 5.69 Å². The first kappa shape index (κ1) is 14.3. The topological polar surface area (TPSA) is 72.8 Å². The van der Waals surface area contributed by atoms with Gasteiger partial charge in [0.25, 0.3) is 0 Å². The fourth-order valence-corrected chi connectivity index (χ4v) is 2.54. The third-order valence-electron chi connectivity index (χ3n) is 3.57. The van der Waals surface area contributed by atoms with Gasteiger partial charge in [-0.15, -0.1) is 5.10 Å². The highest BCUT2D eigenvalue weighted by atomic mass is 16.5. The van der Waals surface area contributed by atoms with E-state index < -0.39 is 5.97 Å². The average Bonchev–Trinajstić information content (AvgIpc) is 3.13. The molecule has 0 atom stereocenters. The molecular weight excluding hydrogens is 280 g/mol. The van der Waals surface area contributed by atoms with Gasteiger partial charge in [0, 0.05) is 28.7 Å². The highest BCUT2D eigenvalue weighted by Gasteiger charge is 2.19. The highest BCUT2D eigenvalue weighted by Crippen LogP contribution is 2.27. The second kappa shape index (κ2) is 5.63. The van der Waals surface area contributed by atoms with Crippen molar-refractivity contribution in [3.05, 3.63) is 36.2 Å². The summed E-state index contributed by atoms with van der Waals surface area (Å²) in [7, 11) is 0. The van der Waals surface area contributed by atoms with Crippen LogP contribution in [0.1, 0.15) is 37.3 Å². The molecule has 6 heteroatoms. The first-order chi connectivity index (χ1) is 10.6. The van der Waals surface area contributed by atoms with Gasteiger partial charge in [0.05, 0.1) is 6.61 Å². The number of benzene rings is 1. The van der Waals surface area contributed by atoms with Crippen molar-refractivity contribution >= 4 is 16.9 Å². The standard InChI is InChI=1S/C16H18N4O2/c1-4-22-16(21)15-14(17-19-18-15)12-5-6-13-11(9-12)7-8-20(13)10(2)3/h5-10H,4H2,1-3H3,(H,17,18,19). The van der Waals surface area contributed by atoms with Crippen LogP contribution in [0.5, 0.6) is 0 Å². The van der Waals surface area contributed by atoms with Crippen molar-refractivity contribution in [1.82, 2.24) is 20.0 Å². The van der Waals surface area contributed by atoms with Crippen LogP contribution < -0.4 is 0 Å². The smallest absolute Gasteiger partial charge is 0.361 e. The molecule has 2 heterocycles. The SMILES string of the molecule is CCOC(=O)c1n[nH]nc1-c1ccc2c(ccn2C(C)C)c1. The number of aromatic amines is 1. The van der Waals surface area contributed by atoms with Gasteiger partial charge in [-0.25, -0.2) is 4.79 Å². The Morgan fingerprint density at radius 2 is 2.14 bits per heavy atom. The summed E-state index contributed by atoms with van der Waals surface area (Å²) in [6.45, 7) is 6.35. The number of esters is 1. The van der Waals surface area contributed by atoms with Gasteiger partial charge in [-0.1, -0.05) is 6.07 Å². The first-order valence-corrected chi connectivity index (χ1v) is 7.30. The molecule has 0 aliphatic heterocycles. The summed E-state index contributed by atoms with van der Waals surface area (Å²) in [4.78, 5) is 11.9. The molecule has 0 amide bonds. The Bertz CT molecular complexity index is 817. The van der Waals surface area contributed by atoms with Gasteiger partial charge in [-0.05, 0) is 39.0 Å². The summed E-state index contributed by atoms with van der Waals surface area (Å²) in [6.07, 6.45) is 2.06. The van der Waals surface area contributed by atoms with E-state index in [0.717, 1.165) is 16.5 Å². The van der Waals surface area contributed by atoms with E-state index in [1.807, 2.05) is 18.2 Å². The average molecular weight is 298 g/mol. The molecule has 0 unspecified atom stereocenters. The van der Waals surface area contributed by atoms with Crippen LogP contribution in [0.3, 0.4) is 0 Å². The molecular formula is C16H18N4O2. The highest BCUT2D eigenvalue weighted by molar-refractivity contribution is 5.95. The van der Waals surface area contributed by atoms with Crippen LogP contribution in [-0.4, -0.2) is 32.6 Å². The Hall–Kier alpha value is -2.63. The van der Waals surface area contributed by atoms with Gasteiger partial charge >= 0.3 is 5.97 Å². The van der Waals surface area contributed by atoms with E-state index in [0.29, 0.717) is 18.3 Å². The Labute approximate surface area is 128 Å². The molecule has 1 aromatic carbocycles. The molecule has 0 radical (unpaired) electrons. The largest absolute Gasteiger partial charge is 0.461 e. The molecule has 22 heavy (non-hydrogen) atoms. The molecule has 0 aliphatic rings. The van der Waals surface area contributed by atoms with E-state index >= 15 is 0 Å². The summed E-state index contributed by atoms with van der Waals surface area (Å²) >= 11 is 0. The molecule has 0 aliphatic carbocycles. The minimum atomic E-state index is -0.467. The molecule has 6 nitrogen and oxygen atoms in total. The van der Waals surface area contributed by atoms with E-state index in [1.54, 1.807) is 6.92 Å². The number of nitrogens with zero attached hydrogens (tertiary/aromatic N) is 3. The van der Waals surface area contributed by atoms with Crippen molar-refractivity contribution in [2.75, 3.05) is 6.61 Å². The summed E-state index contributed by atoms with van der Waals surface area (Å²) in [5, 5.41) is 11.6. The zero-order valence-corrected chi connectivity index (χ0v) is 12.8. The van der Waals surface area contributed by atoms with Crippen LogP contribution in [0.15, 0.2) is 30.5 Å². The lowest BCUT2D eigenvalue weighted by molar-refractivity contribution is 0.0520. The van der Waals surface area contributed by atoms with Crippen LogP contribution in [0.25, 0.3) is 22.2 Å². The van der Waals surface area contributed by atoms with Crippen LogP contribution in [0.2, 0.25) is 0 Å².